The molecule has 1 unspecified atom stereocenters. The number of thiazole rings is 1. The quantitative estimate of drug-likeness (QED) is 0.407. The number of esters is 1. The van der Waals surface area contributed by atoms with E-state index in [1.165, 1.54) is 21.7 Å². The molecule has 0 amide bonds. The van der Waals surface area contributed by atoms with Gasteiger partial charge >= 0.3 is 5.97 Å². The smallest absolute Gasteiger partial charge is 0.324 e. The van der Waals surface area contributed by atoms with Gasteiger partial charge in [-0.15, -0.1) is 11.3 Å². The predicted molar refractivity (Wildman–Crippen MR) is 118 cm³/mol. The Morgan fingerprint density at radius 1 is 1.10 bits per heavy atom. The van der Waals surface area contributed by atoms with Gasteiger partial charge in [0.1, 0.15) is 33.6 Å². The molecule has 1 aliphatic heterocycles. The second-order valence-electron chi connectivity index (χ2n) is 7.20. The lowest BCUT2D eigenvalue weighted by atomic mass is 10.1. The third-order valence-electron chi connectivity index (χ3n) is 5.24. The summed E-state index contributed by atoms with van der Waals surface area (Å²) in [4.78, 5) is 17.5. The Kier molecular flexibility index (Phi) is 5.42. The molecule has 0 saturated carbocycles. The highest BCUT2D eigenvalue weighted by atomic mass is 32.2. The van der Waals surface area contributed by atoms with Gasteiger partial charge in [-0.3, -0.25) is 4.79 Å². The van der Waals surface area contributed by atoms with E-state index in [2.05, 4.69) is 13.7 Å². The van der Waals surface area contributed by atoms with Gasteiger partial charge in [0.25, 0.3) is 0 Å². The second kappa shape index (κ2) is 8.23. The van der Waals surface area contributed by atoms with Crippen LogP contribution >= 0.6 is 23.1 Å². The maximum Gasteiger partial charge on any atom is 0.324 e. The summed E-state index contributed by atoms with van der Waals surface area (Å²) in [6, 6.07) is 11.7. The van der Waals surface area contributed by atoms with E-state index in [4.69, 9.17) is 4.74 Å². The van der Waals surface area contributed by atoms with Crippen molar-refractivity contribution >= 4 is 60.3 Å². The standard InChI is InChI=1S/C20H18N4O4S3/c25-20(28-12-18-21-13-6-1-2-9-16(13)29-18)15-8-3-4-11-24(15)31(26,27)17-10-5-7-14-19(17)23-30-22-14/h1-2,5-7,9-10,15H,3-4,8,11-12H2. The number of aromatic nitrogens is 3. The highest BCUT2D eigenvalue weighted by molar-refractivity contribution is 7.89. The Hall–Kier alpha value is -2.47. The largest absolute Gasteiger partial charge is 0.457 e. The summed E-state index contributed by atoms with van der Waals surface area (Å²) in [6.45, 7) is 0.283. The summed E-state index contributed by atoms with van der Waals surface area (Å²) < 4.78 is 42.9. The molecule has 0 spiro atoms. The molecule has 2 aromatic heterocycles. The zero-order chi connectivity index (χ0) is 21.4. The Morgan fingerprint density at radius 2 is 1.94 bits per heavy atom. The van der Waals surface area contributed by atoms with Crippen molar-refractivity contribution in [2.24, 2.45) is 0 Å². The van der Waals surface area contributed by atoms with Crippen molar-refractivity contribution < 1.29 is 17.9 Å². The molecule has 2 aromatic carbocycles. The molecule has 11 heteroatoms. The average molecular weight is 475 g/mol. The van der Waals surface area contributed by atoms with E-state index in [-0.39, 0.29) is 18.0 Å². The number of fused-ring (bicyclic) bond motifs is 2. The lowest BCUT2D eigenvalue weighted by Crippen LogP contribution is -2.48. The fourth-order valence-corrected chi connectivity index (χ4v) is 7.04. The number of benzene rings is 2. The normalized spacial score (nSPS) is 17.9. The molecule has 0 radical (unpaired) electrons. The van der Waals surface area contributed by atoms with Crippen molar-refractivity contribution in [2.45, 2.75) is 36.8 Å². The van der Waals surface area contributed by atoms with Crippen LogP contribution < -0.4 is 0 Å². The van der Waals surface area contributed by atoms with Gasteiger partial charge < -0.3 is 4.74 Å². The fourth-order valence-electron chi connectivity index (χ4n) is 3.75. The average Bonchev–Trinajstić information content (AvgIpc) is 3.43. The number of hydrogen-bond acceptors (Lipinski definition) is 9. The molecule has 1 fully saturated rings. The van der Waals surface area contributed by atoms with Gasteiger partial charge in [0, 0.05) is 6.54 Å². The molecular formula is C20H18N4O4S3. The summed E-state index contributed by atoms with van der Waals surface area (Å²) in [7, 11) is -3.93. The molecule has 1 aliphatic rings. The third-order valence-corrected chi connectivity index (χ3v) is 8.73. The Bertz CT molecular complexity index is 1330. The summed E-state index contributed by atoms with van der Waals surface area (Å²) in [5.74, 6) is -0.550. The lowest BCUT2D eigenvalue weighted by Gasteiger charge is -2.32. The van der Waals surface area contributed by atoms with E-state index in [0.29, 0.717) is 28.9 Å². The number of carbonyl (C=O) groups is 1. The number of carbonyl (C=O) groups excluding carboxylic acids is 1. The number of nitrogens with zero attached hydrogens (tertiary/aromatic N) is 4. The van der Waals surface area contributed by atoms with Gasteiger partial charge in [0.2, 0.25) is 10.0 Å². The number of rotatable bonds is 5. The number of para-hydroxylation sites is 1. The molecule has 0 N–H and O–H groups in total. The summed E-state index contributed by atoms with van der Waals surface area (Å²) in [5, 5.41) is 0.679. The van der Waals surface area contributed by atoms with Crippen LogP contribution in [0.1, 0.15) is 24.3 Å². The van der Waals surface area contributed by atoms with E-state index >= 15 is 0 Å². The topological polar surface area (TPSA) is 102 Å². The van der Waals surface area contributed by atoms with Gasteiger partial charge in [-0.1, -0.05) is 18.2 Å². The zero-order valence-corrected chi connectivity index (χ0v) is 18.8. The minimum absolute atomic E-state index is 0.0220. The molecule has 0 bridgehead atoms. The number of ether oxygens (including phenoxy) is 1. The highest BCUT2D eigenvalue weighted by Gasteiger charge is 2.39. The number of piperidine rings is 1. The highest BCUT2D eigenvalue weighted by Crippen LogP contribution is 2.30. The van der Waals surface area contributed by atoms with Crippen molar-refractivity contribution in [2.75, 3.05) is 6.54 Å². The molecule has 1 saturated heterocycles. The first-order valence-electron chi connectivity index (χ1n) is 9.78. The van der Waals surface area contributed by atoms with Crippen LogP contribution in [0.25, 0.3) is 21.3 Å². The maximum atomic E-state index is 13.5. The summed E-state index contributed by atoms with van der Waals surface area (Å²) in [6.07, 6.45) is 1.87. The van der Waals surface area contributed by atoms with Crippen LogP contribution in [-0.2, 0) is 26.2 Å². The first kappa shape index (κ1) is 20.4. The molecule has 1 atom stereocenters. The van der Waals surface area contributed by atoms with Gasteiger partial charge in [-0.2, -0.15) is 13.1 Å². The molecule has 31 heavy (non-hydrogen) atoms. The Balaban J connectivity index is 1.38. The monoisotopic (exact) mass is 474 g/mol. The molecule has 5 rings (SSSR count). The van der Waals surface area contributed by atoms with Crippen LogP contribution in [0.15, 0.2) is 47.4 Å². The van der Waals surface area contributed by atoms with Gasteiger partial charge in [-0.05, 0) is 43.5 Å². The van der Waals surface area contributed by atoms with Crippen LogP contribution in [0.2, 0.25) is 0 Å². The Morgan fingerprint density at radius 3 is 2.81 bits per heavy atom. The van der Waals surface area contributed by atoms with Crippen LogP contribution in [0.5, 0.6) is 0 Å². The molecule has 4 aromatic rings. The van der Waals surface area contributed by atoms with Crippen LogP contribution in [-0.4, -0.2) is 45.0 Å². The number of sulfonamides is 1. The molecule has 160 valence electrons. The predicted octanol–water partition coefficient (Wildman–Crippen LogP) is 3.59. The van der Waals surface area contributed by atoms with E-state index in [1.54, 1.807) is 12.1 Å². The van der Waals surface area contributed by atoms with Gasteiger partial charge in [0.15, 0.2) is 0 Å². The molecule has 3 heterocycles. The first-order valence-corrected chi connectivity index (χ1v) is 12.8. The van der Waals surface area contributed by atoms with Gasteiger partial charge in [-0.25, -0.2) is 13.4 Å². The van der Waals surface area contributed by atoms with Gasteiger partial charge in [0.05, 0.1) is 21.9 Å². The van der Waals surface area contributed by atoms with E-state index < -0.39 is 22.0 Å². The van der Waals surface area contributed by atoms with Crippen LogP contribution in [0.3, 0.4) is 0 Å². The number of hydrogen-bond donors (Lipinski definition) is 0. The van der Waals surface area contributed by atoms with Crippen molar-refractivity contribution in [3.05, 3.63) is 47.5 Å². The van der Waals surface area contributed by atoms with Crippen molar-refractivity contribution in [3.63, 3.8) is 0 Å². The lowest BCUT2D eigenvalue weighted by molar-refractivity contribution is -0.150. The maximum absolute atomic E-state index is 13.5. The summed E-state index contributed by atoms with van der Waals surface area (Å²) in [5.41, 5.74) is 1.71. The minimum Gasteiger partial charge on any atom is -0.457 e. The molecular weight excluding hydrogens is 456 g/mol. The molecule has 0 aliphatic carbocycles. The third kappa shape index (κ3) is 3.82. The SMILES string of the molecule is O=C(OCc1nc2ccccc2s1)C1CCCCN1S(=O)(=O)c1cccc2nsnc12. The van der Waals surface area contributed by atoms with Crippen molar-refractivity contribution in [1.29, 1.82) is 0 Å². The van der Waals surface area contributed by atoms with Crippen molar-refractivity contribution in [1.82, 2.24) is 18.0 Å². The van der Waals surface area contributed by atoms with Crippen LogP contribution in [0, 0.1) is 0 Å². The van der Waals surface area contributed by atoms with Crippen molar-refractivity contribution in [3.8, 4) is 0 Å². The Labute approximate surface area is 186 Å². The molecule has 8 nitrogen and oxygen atoms in total. The second-order valence-corrected chi connectivity index (χ2v) is 10.7. The van der Waals surface area contributed by atoms with E-state index in [1.807, 2.05) is 24.3 Å². The van der Waals surface area contributed by atoms with E-state index in [0.717, 1.165) is 28.4 Å². The van der Waals surface area contributed by atoms with Crippen LogP contribution in [0.4, 0.5) is 0 Å². The minimum atomic E-state index is -3.93. The summed E-state index contributed by atoms with van der Waals surface area (Å²) >= 11 is 2.42. The fraction of sp³-hybridized carbons (Fsp3) is 0.300. The zero-order valence-electron chi connectivity index (χ0n) is 16.3. The first-order chi connectivity index (χ1) is 15.0. The van der Waals surface area contributed by atoms with E-state index in [9.17, 15) is 13.2 Å².